The first-order chi connectivity index (χ1) is 6.31. The number of carbonyl (C=O) groups is 1. The van der Waals surface area contributed by atoms with Gasteiger partial charge in [0.1, 0.15) is 5.75 Å². The molecule has 1 aliphatic carbocycles. The summed E-state index contributed by atoms with van der Waals surface area (Å²) in [6, 6.07) is 0. The average Bonchev–Trinajstić information content (AvgIpc) is 2.92. The van der Waals surface area contributed by atoms with E-state index in [0.29, 0.717) is 17.4 Å². The lowest BCUT2D eigenvalue weighted by Crippen LogP contribution is -2.01. The van der Waals surface area contributed by atoms with Crippen molar-refractivity contribution in [2.45, 2.75) is 25.9 Å². The maximum Gasteiger partial charge on any atom is 0.155 e. The number of aryl methyl sites for hydroxylation is 1. The van der Waals surface area contributed by atoms with Gasteiger partial charge in [-0.05, 0) is 19.8 Å². The molecule has 0 bridgehead atoms. The number of pyridine rings is 1. The molecule has 0 unspecified atom stereocenters. The van der Waals surface area contributed by atoms with Gasteiger partial charge in [0.2, 0.25) is 0 Å². The Bertz CT molecular complexity index is 332. The maximum absolute atomic E-state index is 10.7. The van der Waals surface area contributed by atoms with Crippen LogP contribution in [-0.4, -0.2) is 17.4 Å². The predicted octanol–water partition coefficient (Wildman–Crippen LogP) is 1.74. The molecule has 0 spiro atoms. The van der Waals surface area contributed by atoms with Crippen LogP contribution >= 0.6 is 0 Å². The highest BCUT2D eigenvalue weighted by atomic mass is 16.5. The Balaban J connectivity index is 2.32. The molecule has 68 valence electrons. The lowest BCUT2D eigenvalue weighted by atomic mass is 10.2. The van der Waals surface area contributed by atoms with E-state index in [1.165, 1.54) is 6.20 Å². The number of nitrogens with zero attached hydrogens (tertiary/aromatic N) is 1. The summed E-state index contributed by atoms with van der Waals surface area (Å²) in [5, 5.41) is 0. The second kappa shape index (κ2) is 3.17. The summed E-state index contributed by atoms with van der Waals surface area (Å²) in [6.07, 6.45) is 6.56. The number of aromatic nitrogens is 1. The van der Waals surface area contributed by atoms with Gasteiger partial charge in [-0.1, -0.05) is 0 Å². The zero-order chi connectivity index (χ0) is 9.26. The molecule has 1 aromatic rings. The minimum absolute atomic E-state index is 0.319. The van der Waals surface area contributed by atoms with Crippen LogP contribution < -0.4 is 4.74 Å². The van der Waals surface area contributed by atoms with E-state index in [4.69, 9.17) is 4.74 Å². The van der Waals surface area contributed by atoms with Crippen molar-refractivity contribution >= 4 is 6.29 Å². The van der Waals surface area contributed by atoms with Crippen molar-refractivity contribution < 1.29 is 9.53 Å². The van der Waals surface area contributed by atoms with Crippen LogP contribution in [0.3, 0.4) is 0 Å². The van der Waals surface area contributed by atoms with Crippen LogP contribution in [0.4, 0.5) is 0 Å². The van der Waals surface area contributed by atoms with Gasteiger partial charge in [-0.2, -0.15) is 0 Å². The molecule has 1 heterocycles. The Morgan fingerprint density at radius 2 is 2.31 bits per heavy atom. The second-order valence-corrected chi connectivity index (χ2v) is 3.31. The fraction of sp³-hybridized carbons (Fsp3) is 0.400. The zero-order valence-corrected chi connectivity index (χ0v) is 7.49. The largest absolute Gasteiger partial charge is 0.489 e. The molecule has 1 aromatic heterocycles. The second-order valence-electron chi connectivity index (χ2n) is 3.31. The Hall–Kier alpha value is -1.38. The van der Waals surface area contributed by atoms with Crippen LogP contribution in [0.1, 0.15) is 28.8 Å². The minimum Gasteiger partial charge on any atom is -0.489 e. The molecule has 3 nitrogen and oxygen atoms in total. The molecule has 1 saturated carbocycles. The van der Waals surface area contributed by atoms with Crippen LogP contribution in [0, 0.1) is 6.92 Å². The van der Waals surface area contributed by atoms with Gasteiger partial charge in [0.05, 0.1) is 11.7 Å². The van der Waals surface area contributed by atoms with Crippen LogP contribution in [-0.2, 0) is 0 Å². The average molecular weight is 177 g/mol. The smallest absolute Gasteiger partial charge is 0.155 e. The first-order valence-electron chi connectivity index (χ1n) is 4.37. The molecule has 13 heavy (non-hydrogen) atoms. The highest BCUT2D eigenvalue weighted by Crippen LogP contribution is 2.30. The molecule has 1 fully saturated rings. The van der Waals surface area contributed by atoms with Crippen molar-refractivity contribution in [3.8, 4) is 5.75 Å². The van der Waals surface area contributed by atoms with Gasteiger partial charge >= 0.3 is 0 Å². The van der Waals surface area contributed by atoms with Crippen LogP contribution in [0.15, 0.2) is 12.4 Å². The SMILES string of the molecule is Cc1cncc(C=O)c1OC1CC1. The van der Waals surface area contributed by atoms with E-state index >= 15 is 0 Å². The van der Waals surface area contributed by atoms with Crippen LogP contribution in [0.2, 0.25) is 0 Å². The molecule has 0 radical (unpaired) electrons. The summed E-state index contributed by atoms with van der Waals surface area (Å²) < 4.78 is 5.61. The summed E-state index contributed by atoms with van der Waals surface area (Å²) in [7, 11) is 0. The third kappa shape index (κ3) is 1.69. The number of ether oxygens (including phenoxy) is 1. The van der Waals surface area contributed by atoms with E-state index in [0.717, 1.165) is 24.7 Å². The number of aldehydes is 1. The first-order valence-corrected chi connectivity index (χ1v) is 4.37. The van der Waals surface area contributed by atoms with Gasteiger partial charge in [0.25, 0.3) is 0 Å². The first kappa shape index (κ1) is 8.23. The monoisotopic (exact) mass is 177 g/mol. The predicted molar refractivity (Wildman–Crippen MR) is 48.0 cm³/mol. The molecular weight excluding hydrogens is 166 g/mol. The fourth-order valence-corrected chi connectivity index (χ4v) is 1.17. The zero-order valence-electron chi connectivity index (χ0n) is 7.49. The minimum atomic E-state index is 0.319. The molecule has 1 aliphatic rings. The normalized spacial score (nSPS) is 15.5. The van der Waals surface area contributed by atoms with Gasteiger partial charge in [-0.3, -0.25) is 9.78 Å². The molecule has 0 aliphatic heterocycles. The number of rotatable bonds is 3. The quantitative estimate of drug-likeness (QED) is 0.660. The topological polar surface area (TPSA) is 39.2 Å². The number of carbonyl (C=O) groups excluding carboxylic acids is 1. The molecule has 3 heteroatoms. The van der Waals surface area contributed by atoms with Crippen LogP contribution in [0.25, 0.3) is 0 Å². The molecule has 2 rings (SSSR count). The summed E-state index contributed by atoms with van der Waals surface area (Å²) in [4.78, 5) is 14.6. The molecule has 0 amide bonds. The number of hydrogen-bond acceptors (Lipinski definition) is 3. The molecular formula is C10H11NO2. The van der Waals surface area contributed by atoms with E-state index in [1.807, 2.05) is 6.92 Å². The van der Waals surface area contributed by atoms with Gasteiger partial charge in [-0.15, -0.1) is 0 Å². The van der Waals surface area contributed by atoms with E-state index in [-0.39, 0.29) is 0 Å². The summed E-state index contributed by atoms with van der Waals surface area (Å²) in [5.74, 6) is 0.701. The van der Waals surface area contributed by atoms with Crippen LogP contribution in [0.5, 0.6) is 5.75 Å². The Morgan fingerprint density at radius 1 is 1.54 bits per heavy atom. The van der Waals surface area contributed by atoms with Crippen molar-refractivity contribution in [1.82, 2.24) is 4.98 Å². The third-order valence-electron chi connectivity index (χ3n) is 2.04. The van der Waals surface area contributed by atoms with E-state index in [1.54, 1.807) is 6.20 Å². The van der Waals surface area contributed by atoms with Gasteiger partial charge in [-0.25, -0.2) is 0 Å². The Kier molecular flexibility index (Phi) is 2.00. The van der Waals surface area contributed by atoms with E-state index in [9.17, 15) is 4.79 Å². The highest BCUT2D eigenvalue weighted by Gasteiger charge is 2.25. The lowest BCUT2D eigenvalue weighted by Gasteiger charge is -2.08. The fourth-order valence-electron chi connectivity index (χ4n) is 1.17. The summed E-state index contributed by atoms with van der Waals surface area (Å²) in [6.45, 7) is 1.90. The third-order valence-corrected chi connectivity index (χ3v) is 2.04. The molecule has 0 aromatic carbocycles. The van der Waals surface area contributed by atoms with Crippen molar-refractivity contribution in [2.24, 2.45) is 0 Å². The Labute approximate surface area is 76.7 Å². The standard InChI is InChI=1S/C10H11NO2/c1-7-4-11-5-8(6-12)10(7)13-9-2-3-9/h4-6,9H,2-3H2,1H3. The van der Waals surface area contributed by atoms with Crippen molar-refractivity contribution in [2.75, 3.05) is 0 Å². The van der Waals surface area contributed by atoms with Crippen molar-refractivity contribution in [3.05, 3.63) is 23.5 Å². The lowest BCUT2D eigenvalue weighted by molar-refractivity contribution is 0.111. The highest BCUT2D eigenvalue weighted by molar-refractivity contribution is 5.79. The van der Waals surface area contributed by atoms with Crippen molar-refractivity contribution in [1.29, 1.82) is 0 Å². The van der Waals surface area contributed by atoms with E-state index < -0.39 is 0 Å². The molecule has 0 saturated heterocycles. The van der Waals surface area contributed by atoms with Crippen molar-refractivity contribution in [3.63, 3.8) is 0 Å². The van der Waals surface area contributed by atoms with E-state index in [2.05, 4.69) is 4.98 Å². The molecule has 0 atom stereocenters. The number of hydrogen-bond donors (Lipinski definition) is 0. The maximum atomic E-state index is 10.7. The van der Waals surface area contributed by atoms with Gasteiger partial charge in [0, 0.05) is 18.0 Å². The summed E-state index contributed by atoms with van der Waals surface area (Å²) in [5.41, 5.74) is 1.48. The summed E-state index contributed by atoms with van der Waals surface area (Å²) >= 11 is 0. The van der Waals surface area contributed by atoms with Gasteiger partial charge in [0.15, 0.2) is 6.29 Å². The van der Waals surface area contributed by atoms with Gasteiger partial charge < -0.3 is 4.74 Å². The molecule has 0 N–H and O–H groups in total. The Morgan fingerprint density at radius 3 is 2.92 bits per heavy atom.